The number of para-hydroxylation sites is 1. The third kappa shape index (κ3) is 3.22. The second-order valence-electron chi connectivity index (χ2n) is 4.31. The summed E-state index contributed by atoms with van der Waals surface area (Å²) in [5, 5.41) is 8.90. The largest absolute Gasteiger partial charge is 0.480 e. The van der Waals surface area contributed by atoms with Gasteiger partial charge in [0.1, 0.15) is 18.2 Å². The number of sulfonamides is 1. The molecule has 0 amide bonds. The van der Waals surface area contributed by atoms with Gasteiger partial charge < -0.3 is 5.11 Å². The molecule has 5 nitrogen and oxygen atoms in total. The summed E-state index contributed by atoms with van der Waals surface area (Å²) in [6.45, 7) is -0.958. The average molecular weight is 327 g/mol. The van der Waals surface area contributed by atoms with Gasteiger partial charge in [-0.3, -0.25) is 9.10 Å². The van der Waals surface area contributed by atoms with Crippen molar-refractivity contribution in [1.29, 1.82) is 0 Å². The number of carboxylic acids is 1. The van der Waals surface area contributed by atoms with Gasteiger partial charge in [-0.15, -0.1) is 0 Å². The van der Waals surface area contributed by atoms with Crippen molar-refractivity contribution in [2.24, 2.45) is 0 Å². The molecule has 0 radical (unpaired) electrons. The lowest BCUT2D eigenvalue weighted by atomic mass is 10.3. The Morgan fingerprint density at radius 1 is 1.05 bits per heavy atom. The van der Waals surface area contributed by atoms with Crippen LogP contribution in [0.2, 0.25) is 0 Å². The van der Waals surface area contributed by atoms with Crippen molar-refractivity contribution >= 4 is 21.7 Å². The molecule has 22 heavy (non-hydrogen) atoms. The van der Waals surface area contributed by atoms with Gasteiger partial charge in [-0.25, -0.2) is 17.2 Å². The van der Waals surface area contributed by atoms with Crippen LogP contribution in [0.25, 0.3) is 0 Å². The first-order valence-corrected chi connectivity index (χ1v) is 7.51. The van der Waals surface area contributed by atoms with Gasteiger partial charge in [0, 0.05) is 0 Å². The normalized spacial score (nSPS) is 11.2. The first kappa shape index (κ1) is 15.9. The molecule has 0 fully saturated rings. The molecular formula is C14H11F2NO4S. The topological polar surface area (TPSA) is 74.7 Å². The van der Waals surface area contributed by atoms with E-state index in [1.54, 1.807) is 0 Å². The van der Waals surface area contributed by atoms with Gasteiger partial charge >= 0.3 is 5.97 Å². The summed E-state index contributed by atoms with van der Waals surface area (Å²) in [5.74, 6) is -2.97. The quantitative estimate of drug-likeness (QED) is 0.914. The molecule has 0 atom stereocenters. The van der Waals surface area contributed by atoms with E-state index in [0.717, 1.165) is 36.4 Å². The van der Waals surface area contributed by atoms with Crippen LogP contribution in [-0.4, -0.2) is 26.0 Å². The fourth-order valence-corrected chi connectivity index (χ4v) is 3.23. The Labute approximate surface area is 125 Å². The lowest BCUT2D eigenvalue weighted by Gasteiger charge is -2.23. The maximum absolute atomic E-state index is 13.8. The third-order valence-corrected chi connectivity index (χ3v) is 4.58. The summed E-state index contributed by atoms with van der Waals surface area (Å²) in [4.78, 5) is 10.6. The molecule has 0 saturated carbocycles. The Kier molecular flexibility index (Phi) is 4.41. The van der Waals surface area contributed by atoms with Crippen molar-refractivity contribution < 1.29 is 27.1 Å². The Bertz CT molecular complexity index is 791. The lowest BCUT2D eigenvalue weighted by molar-refractivity contribution is -0.135. The number of nitrogens with zero attached hydrogens (tertiary/aromatic N) is 1. The van der Waals surface area contributed by atoms with Crippen molar-refractivity contribution in [3.63, 3.8) is 0 Å². The molecular weight excluding hydrogens is 316 g/mol. The molecule has 0 heterocycles. The van der Waals surface area contributed by atoms with E-state index in [9.17, 15) is 22.0 Å². The van der Waals surface area contributed by atoms with Gasteiger partial charge in [-0.1, -0.05) is 12.1 Å². The number of carboxylic acid groups (broad SMARTS) is 1. The smallest absolute Gasteiger partial charge is 0.324 e. The van der Waals surface area contributed by atoms with Crippen molar-refractivity contribution in [3.05, 3.63) is 60.2 Å². The van der Waals surface area contributed by atoms with Gasteiger partial charge in [0.2, 0.25) is 0 Å². The Balaban J connectivity index is 2.56. The molecule has 2 rings (SSSR count). The summed E-state index contributed by atoms with van der Waals surface area (Å²) in [6, 6.07) is 8.72. The van der Waals surface area contributed by atoms with Crippen LogP contribution < -0.4 is 4.31 Å². The molecule has 0 spiro atoms. The highest BCUT2D eigenvalue weighted by atomic mass is 32.2. The SMILES string of the molecule is O=C(O)CN(c1ccccc1F)S(=O)(=O)c1ccc(F)cc1. The van der Waals surface area contributed by atoms with Gasteiger partial charge in [0.25, 0.3) is 10.0 Å². The van der Waals surface area contributed by atoms with E-state index in [-0.39, 0.29) is 4.90 Å². The van der Waals surface area contributed by atoms with Crippen LogP contribution in [0.15, 0.2) is 53.4 Å². The molecule has 0 unspecified atom stereocenters. The van der Waals surface area contributed by atoms with E-state index in [2.05, 4.69) is 0 Å². The van der Waals surface area contributed by atoms with Crippen molar-refractivity contribution in [1.82, 2.24) is 0 Å². The monoisotopic (exact) mass is 327 g/mol. The molecule has 0 aromatic heterocycles. The van der Waals surface area contributed by atoms with Gasteiger partial charge in [0.05, 0.1) is 10.6 Å². The zero-order valence-corrected chi connectivity index (χ0v) is 11.9. The van der Waals surface area contributed by atoms with Crippen molar-refractivity contribution in [2.45, 2.75) is 4.90 Å². The van der Waals surface area contributed by atoms with Crippen LogP contribution in [0.4, 0.5) is 14.5 Å². The molecule has 0 aliphatic carbocycles. The number of carbonyl (C=O) groups is 1. The van der Waals surface area contributed by atoms with Crippen molar-refractivity contribution in [3.8, 4) is 0 Å². The van der Waals surface area contributed by atoms with Crippen molar-refractivity contribution in [2.75, 3.05) is 10.8 Å². The standard InChI is InChI=1S/C14H11F2NO4S/c15-10-5-7-11(8-6-10)22(20,21)17(9-14(18)19)13-4-2-1-3-12(13)16/h1-8H,9H2,(H,18,19). The molecule has 2 aromatic rings. The Morgan fingerprint density at radius 3 is 2.18 bits per heavy atom. The number of aliphatic carboxylic acids is 1. The fourth-order valence-electron chi connectivity index (χ4n) is 1.81. The maximum Gasteiger partial charge on any atom is 0.324 e. The predicted molar refractivity (Wildman–Crippen MR) is 75.0 cm³/mol. The zero-order valence-electron chi connectivity index (χ0n) is 11.1. The summed E-state index contributed by atoms with van der Waals surface area (Å²) >= 11 is 0. The highest BCUT2D eigenvalue weighted by Crippen LogP contribution is 2.26. The van der Waals surface area contributed by atoms with Gasteiger partial charge in [0.15, 0.2) is 0 Å². The number of hydrogen-bond donors (Lipinski definition) is 1. The average Bonchev–Trinajstić information content (AvgIpc) is 2.46. The highest BCUT2D eigenvalue weighted by Gasteiger charge is 2.28. The van der Waals surface area contributed by atoms with Crippen LogP contribution in [0.1, 0.15) is 0 Å². The Hall–Kier alpha value is -2.48. The molecule has 0 saturated heterocycles. The number of hydrogen-bond acceptors (Lipinski definition) is 3. The van der Waals surface area contributed by atoms with E-state index in [4.69, 9.17) is 5.11 Å². The summed E-state index contributed by atoms with van der Waals surface area (Å²) < 4.78 is 52.2. The van der Waals surface area contributed by atoms with Crippen LogP contribution in [-0.2, 0) is 14.8 Å². The predicted octanol–water partition coefficient (Wildman–Crippen LogP) is 2.24. The van der Waals surface area contributed by atoms with Crippen LogP contribution in [0.3, 0.4) is 0 Å². The number of anilines is 1. The summed E-state index contributed by atoms with van der Waals surface area (Å²) in [7, 11) is -4.34. The molecule has 1 N–H and O–H groups in total. The minimum absolute atomic E-state index is 0.335. The van der Waals surface area contributed by atoms with Crippen LogP contribution in [0, 0.1) is 11.6 Å². The fraction of sp³-hybridized carbons (Fsp3) is 0.0714. The first-order valence-electron chi connectivity index (χ1n) is 6.07. The summed E-state index contributed by atoms with van der Waals surface area (Å²) in [6.07, 6.45) is 0. The molecule has 0 aliphatic rings. The molecule has 0 bridgehead atoms. The first-order chi connectivity index (χ1) is 10.3. The van der Waals surface area contributed by atoms with Crippen LogP contribution >= 0.6 is 0 Å². The lowest BCUT2D eigenvalue weighted by Crippen LogP contribution is -2.36. The van der Waals surface area contributed by atoms with Gasteiger partial charge in [-0.05, 0) is 36.4 Å². The number of benzene rings is 2. The van der Waals surface area contributed by atoms with E-state index in [1.807, 2.05) is 0 Å². The van der Waals surface area contributed by atoms with E-state index >= 15 is 0 Å². The number of rotatable bonds is 5. The molecule has 0 aliphatic heterocycles. The minimum Gasteiger partial charge on any atom is -0.480 e. The van der Waals surface area contributed by atoms with E-state index in [1.165, 1.54) is 12.1 Å². The Morgan fingerprint density at radius 2 is 1.64 bits per heavy atom. The van der Waals surface area contributed by atoms with Gasteiger partial charge in [-0.2, -0.15) is 0 Å². The van der Waals surface area contributed by atoms with E-state index in [0.29, 0.717) is 4.31 Å². The highest BCUT2D eigenvalue weighted by molar-refractivity contribution is 7.92. The number of halogens is 2. The minimum atomic E-state index is -4.34. The second-order valence-corrected chi connectivity index (χ2v) is 6.17. The van der Waals surface area contributed by atoms with Crippen LogP contribution in [0.5, 0.6) is 0 Å². The maximum atomic E-state index is 13.8. The molecule has 8 heteroatoms. The zero-order chi connectivity index (χ0) is 16.3. The third-order valence-electron chi connectivity index (χ3n) is 2.80. The summed E-state index contributed by atoms with van der Waals surface area (Å²) in [5.41, 5.74) is -0.394. The molecule has 116 valence electrons. The van der Waals surface area contributed by atoms with E-state index < -0.39 is 39.9 Å². The second kappa shape index (κ2) is 6.10. The molecule has 2 aromatic carbocycles.